The van der Waals surface area contributed by atoms with Crippen LogP contribution in [0.25, 0.3) is 0 Å². The van der Waals surface area contributed by atoms with Crippen molar-refractivity contribution in [2.45, 2.75) is 25.8 Å². The summed E-state index contributed by atoms with van der Waals surface area (Å²) in [5, 5.41) is 2.94. The highest BCUT2D eigenvalue weighted by Crippen LogP contribution is 2.32. The Hall–Kier alpha value is -2.40. The number of rotatable bonds is 5. The zero-order valence-electron chi connectivity index (χ0n) is 14.6. The molecule has 1 N–H and O–H groups in total. The van der Waals surface area contributed by atoms with Crippen molar-refractivity contribution in [3.05, 3.63) is 59.4 Å². The highest BCUT2D eigenvalue weighted by atomic mass is 19.1. The van der Waals surface area contributed by atoms with E-state index < -0.39 is 0 Å². The Kier molecular flexibility index (Phi) is 5.34. The number of carbonyl (C=O) groups excluding carboxylic acids is 1. The standard InChI is InChI=1S/C20H23FN2O2/c1-14-5-10-19(25-2)17(12-14)22-20(24)13-23-11-3-4-18(23)15-6-8-16(21)9-7-15/h5-10,12,18H,3-4,11,13H2,1-2H3,(H,22,24)/t18-/m1/s1. The van der Waals surface area contributed by atoms with Crippen LogP contribution in [0.1, 0.15) is 30.0 Å². The highest BCUT2D eigenvalue weighted by molar-refractivity contribution is 5.93. The van der Waals surface area contributed by atoms with E-state index >= 15 is 0 Å². The first-order chi connectivity index (χ1) is 12.1. The largest absolute Gasteiger partial charge is 0.495 e. The Balaban J connectivity index is 1.68. The number of carbonyl (C=O) groups is 1. The molecule has 1 amide bonds. The summed E-state index contributed by atoms with van der Waals surface area (Å²) in [7, 11) is 1.59. The Bertz CT molecular complexity index is 746. The summed E-state index contributed by atoms with van der Waals surface area (Å²) in [4.78, 5) is 14.7. The molecule has 1 saturated heterocycles. The second-order valence-corrected chi connectivity index (χ2v) is 6.43. The topological polar surface area (TPSA) is 41.6 Å². The molecule has 1 aliphatic rings. The number of hydrogen-bond acceptors (Lipinski definition) is 3. The van der Waals surface area contributed by atoms with Crippen LogP contribution < -0.4 is 10.1 Å². The first-order valence-corrected chi connectivity index (χ1v) is 8.51. The molecular weight excluding hydrogens is 319 g/mol. The van der Waals surface area contributed by atoms with Crippen LogP contribution in [0.3, 0.4) is 0 Å². The SMILES string of the molecule is COc1ccc(C)cc1NC(=O)CN1CCC[C@@H]1c1ccc(F)cc1. The normalized spacial score (nSPS) is 17.5. The summed E-state index contributed by atoms with van der Waals surface area (Å²) in [5.74, 6) is 0.339. The quantitative estimate of drug-likeness (QED) is 0.895. The molecule has 1 heterocycles. The molecule has 0 spiro atoms. The third-order valence-corrected chi connectivity index (χ3v) is 4.59. The van der Waals surface area contributed by atoms with Crippen molar-refractivity contribution in [1.82, 2.24) is 4.90 Å². The summed E-state index contributed by atoms with van der Waals surface area (Å²) < 4.78 is 18.4. The van der Waals surface area contributed by atoms with Crippen molar-refractivity contribution in [3.63, 3.8) is 0 Å². The van der Waals surface area contributed by atoms with E-state index in [-0.39, 0.29) is 17.8 Å². The van der Waals surface area contributed by atoms with Crippen molar-refractivity contribution in [1.29, 1.82) is 0 Å². The molecule has 0 aromatic heterocycles. The molecular formula is C20H23FN2O2. The average molecular weight is 342 g/mol. The van der Waals surface area contributed by atoms with Crippen LogP contribution in [-0.2, 0) is 4.79 Å². The number of ether oxygens (including phenoxy) is 1. The number of aryl methyl sites for hydroxylation is 1. The minimum Gasteiger partial charge on any atom is -0.495 e. The number of hydrogen-bond donors (Lipinski definition) is 1. The summed E-state index contributed by atoms with van der Waals surface area (Å²) in [6, 6.07) is 12.4. The number of nitrogens with zero attached hydrogens (tertiary/aromatic N) is 1. The molecule has 25 heavy (non-hydrogen) atoms. The zero-order chi connectivity index (χ0) is 17.8. The van der Waals surface area contributed by atoms with Crippen LogP contribution in [0.4, 0.5) is 10.1 Å². The van der Waals surface area contributed by atoms with Gasteiger partial charge in [0, 0.05) is 6.04 Å². The van der Waals surface area contributed by atoms with E-state index in [1.807, 2.05) is 25.1 Å². The lowest BCUT2D eigenvalue weighted by Crippen LogP contribution is -2.33. The fraction of sp³-hybridized carbons (Fsp3) is 0.350. The van der Waals surface area contributed by atoms with E-state index in [1.165, 1.54) is 12.1 Å². The summed E-state index contributed by atoms with van der Waals surface area (Å²) in [6.45, 7) is 3.14. The molecule has 3 rings (SSSR count). The Morgan fingerprint density at radius 1 is 1.28 bits per heavy atom. The van der Waals surface area contributed by atoms with Gasteiger partial charge >= 0.3 is 0 Å². The van der Waals surface area contributed by atoms with Crippen molar-refractivity contribution < 1.29 is 13.9 Å². The van der Waals surface area contributed by atoms with Crippen LogP contribution in [0.15, 0.2) is 42.5 Å². The van der Waals surface area contributed by atoms with Crippen LogP contribution >= 0.6 is 0 Å². The van der Waals surface area contributed by atoms with Crippen LogP contribution in [-0.4, -0.2) is 31.0 Å². The number of methoxy groups -OCH3 is 1. The predicted octanol–water partition coefficient (Wildman–Crippen LogP) is 3.92. The second-order valence-electron chi connectivity index (χ2n) is 6.43. The first-order valence-electron chi connectivity index (χ1n) is 8.51. The first kappa shape index (κ1) is 17.4. The Labute approximate surface area is 147 Å². The number of anilines is 1. The van der Waals surface area contributed by atoms with Crippen molar-refractivity contribution in [3.8, 4) is 5.75 Å². The fourth-order valence-electron chi connectivity index (χ4n) is 3.37. The lowest BCUT2D eigenvalue weighted by Gasteiger charge is -2.24. The summed E-state index contributed by atoms with van der Waals surface area (Å²) in [6.07, 6.45) is 2.01. The number of likely N-dealkylation sites (tertiary alicyclic amines) is 1. The van der Waals surface area contributed by atoms with Crippen LogP contribution in [0, 0.1) is 12.7 Å². The maximum absolute atomic E-state index is 13.1. The van der Waals surface area contributed by atoms with Gasteiger partial charge in [0.05, 0.1) is 19.3 Å². The van der Waals surface area contributed by atoms with Gasteiger partial charge in [0.2, 0.25) is 5.91 Å². The minimum absolute atomic E-state index is 0.0714. The zero-order valence-corrected chi connectivity index (χ0v) is 14.6. The number of halogens is 1. The number of amides is 1. The van der Waals surface area contributed by atoms with Crippen LogP contribution in [0.2, 0.25) is 0 Å². The van der Waals surface area contributed by atoms with Crippen molar-refractivity contribution in [2.75, 3.05) is 25.5 Å². The van der Waals surface area contributed by atoms with E-state index in [0.717, 1.165) is 30.5 Å². The molecule has 0 saturated carbocycles. The lowest BCUT2D eigenvalue weighted by molar-refractivity contribution is -0.117. The third kappa shape index (κ3) is 4.17. The van der Waals surface area contributed by atoms with Crippen molar-refractivity contribution >= 4 is 11.6 Å². The van der Waals surface area contributed by atoms with Gasteiger partial charge in [0.25, 0.3) is 0 Å². The monoisotopic (exact) mass is 342 g/mol. The molecule has 0 bridgehead atoms. The maximum Gasteiger partial charge on any atom is 0.238 e. The molecule has 4 nitrogen and oxygen atoms in total. The third-order valence-electron chi connectivity index (χ3n) is 4.59. The lowest BCUT2D eigenvalue weighted by atomic mass is 10.0. The molecule has 1 fully saturated rings. The molecule has 0 radical (unpaired) electrons. The van der Waals surface area contributed by atoms with Gasteiger partial charge in [-0.1, -0.05) is 18.2 Å². The van der Waals surface area contributed by atoms with Crippen LogP contribution in [0.5, 0.6) is 5.75 Å². The van der Waals surface area contributed by atoms with Gasteiger partial charge in [-0.05, 0) is 61.7 Å². The van der Waals surface area contributed by atoms with Gasteiger partial charge in [-0.25, -0.2) is 4.39 Å². The van der Waals surface area contributed by atoms with Gasteiger partial charge in [-0.15, -0.1) is 0 Å². The fourth-order valence-corrected chi connectivity index (χ4v) is 3.37. The molecule has 1 aliphatic heterocycles. The van der Waals surface area contributed by atoms with Crippen molar-refractivity contribution in [2.24, 2.45) is 0 Å². The van der Waals surface area contributed by atoms with Gasteiger partial charge in [0.1, 0.15) is 11.6 Å². The molecule has 2 aromatic carbocycles. The van der Waals surface area contributed by atoms with Gasteiger partial charge < -0.3 is 10.1 Å². The molecule has 2 aromatic rings. The Morgan fingerprint density at radius 2 is 2.04 bits per heavy atom. The van der Waals surface area contributed by atoms with E-state index in [2.05, 4.69) is 10.2 Å². The molecule has 0 aliphatic carbocycles. The number of benzene rings is 2. The number of nitrogens with one attached hydrogen (secondary N) is 1. The Morgan fingerprint density at radius 3 is 2.76 bits per heavy atom. The average Bonchev–Trinajstić information content (AvgIpc) is 3.03. The van der Waals surface area contributed by atoms with Gasteiger partial charge in [0.15, 0.2) is 0 Å². The maximum atomic E-state index is 13.1. The molecule has 1 atom stereocenters. The predicted molar refractivity (Wildman–Crippen MR) is 96.3 cm³/mol. The van der Waals surface area contributed by atoms with E-state index in [4.69, 9.17) is 4.74 Å². The molecule has 5 heteroatoms. The highest BCUT2D eigenvalue weighted by Gasteiger charge is 2.27. The van der Waals surface area contributed by atoms with E-state index in [9.17, 15) is 9.18 Å². The van der Waals surface area contributed by atoms with E-state index in [0.29, 0.717) is 18.0 Å². The second kappa shape index (κ2) is 7.66. The van der Waals surface area contributed by atoms with E-state index in [1.54, 1.807) is 19.2 Å². The van der Waals surface area contributed by atoms with Gasteiger partial charge in [-0.2, -0.15) is 0 Å². The minimum atomic E-state index is -0.238. The summed E-state index contributed by atoms with van der Waals surface area (Å²) in [5.41, 5.74) is 2.80. The smallest absolute Gasteiger partial charge is 0.238 e. The molecule has 0 unspecified atom stereocenters. The summed E-state index contributed by atoms with van der Waals surface area (Å²) >= 11 is 0. The molecule has 132 valence electrons. The van der Waals surface area contributed by atoms with Gasteiger partial charge in [-0.3, -0.25) is 9.69 Å².